The van der Waals surface area contributed by atoms with Crippen LogP contribution in [0.4, 0.5) is 26.3 Å². The number of nitrogens with zero attached hydrogens (tertiary/aromatic N) is 2. The first kappa shape index (κ1) is 19.7. The Morgan fingerprint density at radius 3 is 2.36 bits per heavy atom. The Morgan fingerprint density at radius 2 is 1.79 bits per heavy atom. The summed E-state index contributed by atoms with van der Waals surface area (Å²) in [6.07, 6.45) is -7.89. The number of aldehydes is 1. The number of alkyl halides is 6. The van der Waals surface area contributed by atoms with Crippen molar-refractivity contribution in [2.75, 3.05) is 7.11 Å². The molecule has 0 aliphatic heterocycles. The summed E-state index contributed by atoms with van der Waals surface area (Å²) in [6, 6.07) is 4.37. The maximum atomic E-state index is 13.3. The summed E-state index contributed by atoms with van der Waals surface area (Å²) in [6.45, 7) is -0.415. The number of hydrogen-bond acceptors (Lipinski definition) is 3. The maximum Gasteiger partial charge on any atom is 0.416 e. The van der Waals surface area contributed by atoms with E-state index in [4.69, 9.17) is 4.74 Å². The molecule has 3 aromatic rings. The highest BCUT2D eigenvalue weighted by Crippen LogP contribution is 2.37. The Bertz CT molecular complexity index is 1040. The zero-order valence-electron chi connectivity index (χ0n) is 14.2. The minimum atomic E-state index is -4.97. The monoisotopic (exact) mass is 402 g/mol. The highest BCUT2D eigenvalue weighted by Gasteiger charge is 2.38. The second kappa shape index (κ2) is 6.84. The molecule has 0 N–H and O–H groups in total. The lowest BCUT2D eigenvalue weighted by molar-refractivity contribution is -0.143. The van der Waals surface area contributed by atoms with Crippen LogP contribution in [0.5, 0.6) is 5.75 Å². The number of rotatable bonds is 4. The molecule has 0 saturated heterocycles. The number of hydrogen-bond donors (Lipinski definition) is 0. The van der Waals surface area contributed by atoms with Crippen molar-refractivity contribution in [2.45, 2.75) is 18.9 Å². The first-order chi connectivity index (χ1) is 13.0. The fourth-order valence-corrected chi connectivity index (χ4v) is 2.81. The van der Waals surface area contributed by atoms with Crippen LogP contribution < -0.4 is 4.74 Å². The second-order valence-corrected chi connectivity index (χ2v) is 5.97. The SMILES string of the molecule is COc1cc(C=O)cc2cn(Cc3ccc(C(F)(F)F)cc3C(F)(F)F)nc12. The Morgan fingerprint density at radius 1 is 1.07 bits per heavy atom. The molecule has 0 atom stereocenters. The average Bonchev–Trinajstić information content (AvgIpc) is 3.01. The fraction of sp³-hybridized carbons (Fsp3) is 0.222. The summed E-state index contributed by atoms with van der Waals surface area (Å²) in [5.41, 5.74) is -2.54. The third kappa shape index (κ3) is 3.80. The van der Waals surface area contributed by atoms with Crippen LogP contribution >= 0.6 is 0 Å². The van der Waals surface area contributed by atoms with Crippen molar-refractivity contribution in [3.8, 4) is 5.75 Å². The van der Waals surface area contributed by atoms with Gasteiger partial charge in [0, 0.05) is 17.1 Å². The van der Waals surface area contributed by atoms with Crippen molar-refractivity contribution in [3.05, 3.63) is 58.8 Å². The van der Waals surface area contributed by atoms with Crippen LogP contribution in [0.25, 0.3) is 10.9 Å². The van der Waals surface area contributed by atoms with Gasteiger partial charge in [0.25, 0.3) is 0 Å². The molecule has 1 heterocycles. The van der Waals surface area contributed by atoms with E-state index in [2.05, 4.69) is 5.10 Å². The third-order valence-electron chi connectivity index (χ3n) is 4.07. The van der Waals surface area contributed by atoms with Crippen molar-refractivity contribution in [1.29, 1.82) is 0 Å². The van der Waals surface area contributed by atoms with E-state index >= 15 is 0 Å². The van der Waals surface area contributed by atoms with Gasteiger partial charge in [-0.15, -0.1) is 0 Å². The molecule has 0 spiro atoms. The maximum absolute atomic E-state index is 13.3. The van der Waals surface area contributed by atoms with E-state index in [1.807, 2.05) is 0 Å². The molecule has 0 unspecified atom stereocenters. The van der Waals surface area contributed by atoms with E-state index in [0.29, 0.717) is 23.3 Å². The predicted molar refractivity (Wildman–Crippen MR) is 87.2 cm³/mol. The summed E-state index contributed by atoms with van der Waals surface area (Å²) in [7, 11) is 1.35. The number of aromatic nitrogens is 2. The van der Waals surface area contributed by atoms with Crippen LogP contribution in [0.15, 0.2) is 36.5 Å². The van der Waals surface area contributed by atoms with Gasteiger partial charge in [0.1, 0.15) is 17.6 Å². The van der Waals surface area contributed by atoms with Crippen LogP contribution in [0, 0.1) is 0 Å². The van der Waals surface area contributed by atoms with Gasteiger partial charge in [-0.25, -0.2) is 0 Å². The number of halogens is 6. The molecule has 28 heavy (non-hydrogen) atoms. The predicted octanol–water partition coefficient (Wildman–Crippen LogP) is 4.94. The molecule has 4 nitrogen and oxygen atoms in total. The van der Waals surface area contributed by atoms with Gasteiger partial charge < -0.3 is 4.74 Å². The number of carbonyl (C=O) groups excluding carboxylic acids is 1. The lowest BCUT2D eigenvalue weighted by Gasteiger charge is -2.16. The van der Waals surface area contributed by atoms with Crippen LogP contribution in [-0.2, 0) is 18.9 Å². The summed E-state index contributed by atoms with van der Waals surface area (Å²) in [5.74, 6) is 0.252. The van der Waals surface area contributed by atoms with Gasteiger partial charge in [-0.05, 0) is 29.8 Å². The number of ether oxygens (including phenoxy) is 1. The smallest absolute Gasteiger partial charge is 0.416 e. The molecule has 3 rings (SSSR count). The van der Waals surface area contributed by atoms with Crippen molar-refractivity contribution in [1.82, 2.24) is 9.78 Å². The number of methoxy groups -OCH3 is 1. The lowest BCUT2D eigenvalue weighted by Crippen LogP contribution is -2.15. The van der Waals surface area contributed by atoms with E-state index in [9.17, 15) is 31.1 Å². The molecule has 0 fully saturated rings. The number of benzene rings is 2. The quantitative estimate of drug-likeness (QED) is 0.459. The number of fused-ring (bicyclic) bond motifs is 1. The minimum Gasteiger partial charge on any atom is -0.494 e. The van der Waals surface area contributed by atoms with Crippen molar-refractivity contribution < 1.29 is 35.9 Å². The average molecular weight is 402 g/mol. The molecule has 2 aromatic carbocycles. The van der Waals surface area contributed by atoms with Crippen LogP contribution in [0.3, 0.4) is 0 Å². The van der Waals surface area contributed by atoms with E-state index in [1.54, 1.807) is 0 Å². The van der Waals surface area contributed by atoms with Crippen LogP contribution in [0.1, 0.15) is 27.0 Å². The van der Waals surface area contributed by atoms with Gasteiger partial charge in [0.05, 0.1) is 24.8 Å². The molecule has 0 saturated carbocycles. The summed E-state index contributed by atoms with van der Waals surface area (Å²) in [4.78, 5) is 11.0. The van der Waals surface area contributed by atoms with E-state index < -0.39 is 30.0 Å². The fourth-order valence-electron chi connectivity index (χ4n) is 2.81. The highest BCUT2D eigenvalue weighted by atomic mass is 19.4. The second-order valence-electron chi connectivity index (χ2n) is 5.97. The Kier molecular flexibility index (Phi) is 4.82. The van der Waals surface area contributed by atoms with Crippen molar-refractivity contribution in [3.63, 3.8) is 0 Å². The largest absolute Gasteiger partial charge is 0.494 e. The topological polar surface area (TPSA) is 44.1 Å². The van der Waals surface area contributed by atoms with Gasteiger partial charge in [0.15, 0.2) is 0 Å². The third-order valence-corrected chi connectivity index (χ3v) is 4.07. The van der Waals surface area contributed by atoms with Gasteiger partial charge in [-0.3, -0.25) is 9.48 Å². The van der Waals surface area contributed by atoms with E-state index in [1.165, 1.54) is 25.4 Å². The Hall–Kier alpha value is -3.04. The molecular weight excluding hydrogens is 390 g/mol. The molecule has 0 amide bonds. The van der Waals surface area contributed by atoms with Gasteiger partial charge >= 0.3 is 12.4 Å². The molecular formula is C18H12F6N2O2. The van der Waals surface area contributed by atoms with Crippen molar-refractivity contribution >= 4 is 17.2 Å². The first-order valence-electron chi connectivity index (χ1n) is 7.80. The zero-order valence-corrected chi connectivity index (χ0v) is 14.2. The van der Waals surface area contributed by atoms with E-state index in [0.717, 1.165) is 10.7 Å². The molecule has 1 aromatic heterocycles. The summed E-state index contributed by atoms with van der Waals surface area (Å²) in [5, 5.41) is 4.58. The Balaban J connectivity index is 2.07. The van der Waals surface area contributed by atoms with E-state index in [-0.39, 0.29) is 22.9 Å². The van der Waals surface area contributed by atoms with Crippen molar-refractivity contribution in [2.24, 2.45) is 0 Å². The molecule has 0 radical (unpaired) electrons. The lowest BCUT2D eigenvalue weighted by atomic mass is 10.0. The zero-order chi connectivity index (χ0) is 20.7. The molecule has 0 aliphatic rings. The molecule has 0 aliphatic carbocycles. The van der Waals surface area contributed by atoms with Crippen LogP contribution in [-0.4, -0.2) is 23.2 Å². The van der Waals surface area contributed by atoms with Gasteiger partial charge in [-0.2, -0.15) is 31.4 Å². The standard InChI is InChI=1S/C18H12F6N2O2/c1-28-15-5-10(9-27)4-12-8-26(25-16(12)15)7-11-2-3-13(17(19,20)21)6-14(11)18(22,23)24/h2-6,8-9H,7H2,1H3. The van der Waals surface area contributed by atoms with Gasteiger partial charge in [0.2, 0.25) is 0 Å². The summed E-state index contributed by atoms with van der Waals surface area (Å²) >= 11 is 0. The molecule has 0 bridgehead atoms. The molecule has 10 heteroatoms. The van der Waals surface area contributed by atoms with Crippen LogP contribution in [0.2, 0.25) is 0 Å². The normalized spacial score (nSPS) is 12.4. The first-order valence-corrected chi connectivity index (χ1v) is 7.80. The van der Waals surface area contributed by atoms with Gasteiger partial charge in [-0.1, -0.05) is 6.07 Å². The Labute approximate surface area is 154 Å². The molecule has 148 valence electrons. The summed E-state index contributed by atoms with van der Waals surface area (Å²) < 4.78 is 84.5. The highest BCUT2D eigenvalue weighted by molar-refractivity contribution is 5.91. The number of carbonyl (C=O) groups is 1. The minimum absolute atomic E-state index is 0.0869.